The van der Waals surface area contributed by atoms with Crippen molar-refractivity contribution in [3.63, 3.8) is 0 Å². The van der Waals surface area contributed by atoms with Crippen LogP contribution in [0.25, 0.3) is 0 Å². The van der Waals surface area contributed by atoms with Gasteiger partial charge in [0.15, 0.2) is 28.2 Å². The Morgan fingerprint density at radius 1 is 0.733 bits per heavy atom. The second kappa shape index (κ2) is 9.02. The second-order valence-corrected chi connectivity index (χ2v) is 6.98. The first-order chi connectivity index (χ1) is 13.6. The lowest BCUT2D eigenvalue weighted by molar-refractivity contribution is -0.159. The fraction of sp³-hybridized carbons (Fsp3) is 0.286. The van der Waals surface area contributed by atoms with Gasteiger partial charge in [0, 0.05) is 0 Å². The van der Waals surface area contributed by atoms with Crippen molar-refractivity contribution in [1.82, 2.24) is 0 Å². The van der Waals surface area contributed by atoms with Gasteiger partial charge in [-0.25, -0.2) is 22.0 Å². The zero-order valence-corrected chi connectivity index (χ0v) is 14.9. The summed E-state index contributed by atoms with van der Waals surface area (Å²) >= 11 is 0. The van der Waals surface area contributed by atoms with Crippen LogP contribution in [0.2, 0.25) is 0 Å². The van der Waals surface area contributed by atoms with Crippen LogP contribution >= 0.6 is 0 Å². The number of rotatable bonds is 9. The standard InChI is InChI=1S/C14H9F5O10S/c15-7-8(16)10(18)12(11(19)9(7)17)30(27,28)29-6(22)2-4(14(25)26)3(13(23)24)1-5(20)21/h3-4H,1-2H2,(H,20,21)(H,23,24)(H,25,26). The van der Waals surface area contributed by atoms with E-state index in [0.717, 1.165) is 0 Å². The van der Waals surface area contributed by atoms with Gasteiger partial charge >= 0.3 is 34.0 Å². The van der Waals surface area contributed by atoms with Crippen molar-refractivity contribution in [2.45, 2.75) is 17.7 Å². The van der Waals surface area contributed by atoms with Gasteiger partial charge in [-0.2, -0.15) is 8.42 Å². The van der Waals surface area contributed by atoms with E-state index in [1.807, 2.05) is 0 Å². The van der Waals surface area contributed by atoms with Crippen LogP contribution in [0.3, 0.4) is 0 Å². The molecule has 10 nitrogen and oxygen atoms in total. The Morgan fingerprint density at radius 3 is 1.47 bits per heavy atom. The molecule has 1 aromatic carbocycles. The molecule has 1 rings (SSSR count). The molecule has 0 aromatic heterocycles. The summed E-state index contributed by atoms with van der Waals surface area (Å²) in [5, 5.41) is 26.5. The minimum atomic E-state index is -6.03. The Hall–Kier alpha value is -3.30. The Bertz CT molecular complexity index is 993. The van der Waals surface area contributed by atoms with E-state index in [4.69, 9.17) is 15.3 Å². The summed E-state index contributed by atoms with van der Waals surface area (Å²) in [6, 6.07) is 0. The summed E-state index contributed by atoms with van der Waals surface area (Å²) in [7, 11) is -6.03. The van der Waals surface area contributed by atoms with Crippen molar-refractivity contribution < 1.29 is 69.1 Å². The number of carbonyl (C=O) groups is 4. The van der Waals surface area contributed by atoms with Crippen molar-refractivity contribution in [2.75, 3.05) is 0 Å². The number of halogens is 5. The second-order valence-electron chi connectivity index (χ2n) is 5.50. The van der Waals surface area contributed by atoms with Crippen molar-refractivity contribution in [2.24, 2.45) is 11.8 Å². The highest BCUT2D eigenvalue weighted by atomic mass is 32.2. The van der Waals surface area contributed by atoms with E-state index in [9.17, 15) is 49.5 Å². The van der Waals surface area contributed by atoms with E-state index < -0.39 is 92.7 Å². The third-order valence-electron chi connectivity index (χ3n) is 3.52. The van der Waals surface area contributed by atoms with Gasteiger partial charge in [0.05, 0.1) is 24.7 Å². The van der Waals surface area contributed by atoms with Crippen LogP contribution in [-0.2, 0) is 33.5 Å². The average molecular weight is 464 g/mol. The Morgan fingerprint density at radius 2 is 1.10 bits per heavy atom. The summed E-state index contributed by atoms with van der Waals surface area (Å²) in [5.74, 6) is -26.5. The first kappa shape index (κ1) is 24.7. The highest BCUT2D eigenvalue weighted by Crippen LogP contribution is 2.29. The number of carbonyl (C=O) groups excluding carboxylic acids is 1. The monoisotopic (exact) mass is 464 g/mol. The molecule has 0 fully saturated rings. The molecule has 0 heterocycles. The summed E-state index contributed by atoms with van der Waals surface area (Å²) < 4.78 is 93.7. The molecule has 3 N–H and O–H groups in total. The molecule has 0 saturated heterocycles. The van der Waals surface area contributed by atoms with Crippen LogP contribution in [0.15, 0.2) is 4.90 Å². The first-order valence-electron chi connectivity index (χ1n) is 7.27. The molecular weight excluding hydrogens is 455 g/mol. The van der Waals surface area contributed by atoms with Gasteiger partial charge in [-0.3, -0.25) is 19.2 Å². The van der Waals surface area contributed by atoms with Crippen LogP contribution < -0.4 is 0 Å². The molecule has 0 bridgehead atoms. The maximum atomic E-state index is 13.6. The fourth-order valence-electron chi connectivity index (χ4n) is 2.17. The largest absolute Gasteiger partial charge is 0.481 e. The zero-order chi connectivity index (χ0) is 23.5. The summed E-state index contributed by atoms with van der Waals surface area (Å²) in [6.45, 7) is 0. The fourth-order valence-corrected chi connectivity index (χ4v) is 3.19. The molecule has 166 valence electrons. The smallest absolute Gasteiger partial charge is 0.347 e. The van der Waals surface area contributed by atoms with E-state index in [1.54, 1.807) is 0 Å². The highest BCUT2D eigenvalue weighted by molar-refractivity contribution is 7.87. The lowest BCUT2D eigenvalue weighted by atomic mass is 9.87. The van der Waals surface area contributed by atoms with E-state index in [2.05, 4.69) is 4.18 Å². The molecule has 0 aliphatic heterocycles. The quantitative estimate of drug-likeness (QED) is 0.206. The number of carboxylic acids is 3. The van der Waals surface area contributed by atoms with Crippen LogP contribution in [0.4, 0.5) is 22.0 Å². The summed E-state index contributed by atoms with van der Waals surface area (Å²) in [5.41, 5.74) is 0. The maximum absolute atomic E-state index is 13.6. The molecule has 0 saturated carbocycles. The normalized spacial score (nSPS) is 13.4. The third-order valence-corrected chi connectivity index (χ3v) is 4.79. The number of hydrogen-bond acceptors (Lipinski definition) is 7. The lowest BCUT2D eigenvalue weighted by Crippen LogP contribution is -2.34. The Labute approximate surface area is 162 Å². The molecule has 0 radical (unpaired) electrons. The Kier molecular flexibility index (Phi) is 7.44. The lowest BCUT2D eigenvalue weighted by Gasteiger charge is -2.18. The van der Waals surface area contributed by atoms with Crippen LogP contribution in [-0.4, -0.2) is 47.6 Å². The van der Waals surface area contributed by atoms with Crippen molar-refractivity contribution in [3.05, 3.63) is 29.1 Å². The van der Waals surface area contributed by atoms with Crippen LogP contribution in [0, 0.1) is 40.9 Å². The van der Waals surface area contributed by atoms with E-state index in [-0.39, 0.29) is 0 Å². The molecule has 0 amide bonds. The predicted molar refractivity (Wildman–Crippen MR) is 78.6 cm³/mol. The average Bonchev–Trinajstić information content (AvgIpc) is 2.60. The third kappa shape index (κ3) is 5.19. The van der Waals surface area contributed by atoms with E-state index in [1.165, 1.54) is 0 Å². The molecule has 1 aromatic rings. The van der Waals surface area contributed by atoms with E-state index >= 15 is 0 Å². The SMILES string of the molecule is O=C(O)CC(C(=O)O)C(CC(=O)OS(=O)(=O)c1c(F)c(F)c(F)c(F)c1F)C(=O)O. The van der Waals surface area contributed by atoms with Crippen molar-refractivity contribution in [3.8, 4) is 0 Å². The van der Waals surface area contributed by atoms with Crippen LogP contribution in [0.1, 0.15) is 12.8 Å². The molecule has 30 heavy (non-hydrogen) atoms. The van der Waals surface area contributed by atoms with Gasteiger partial charge in [0.2, 0.25) is 5.82 Å². The molecular formula is C14H9F5O10S. The number of benzene rings is 1. The molecule has 0 spiro atoms. The topological polar surface area (TPSA) is 172 Å². The molecule has 0 aliphatic carbocycles. The zero-order valence-electron chi connectivity index (χ0n) is 14.1. The van der Waals surface area contributed by atoms with Crippen LogP contribution in [0.5, 0.6) is 0 Å². The van der Waals surface area contributed by atoms with Gasteiger partial charge in [-0.1, -0.05) is 0 Å². The summed E-state index contributed by atoms with van der Waals surface area (Å²) in [4.78, 5) is 42.0. The minimum Gasteiger partial charge on any atom is -0.481 e. The highest BCUT2D eigenvalue weighted by Gasteiger charge is 2.40. The van der Waals surface area contributed by atoms with Gasteiger partial charge in [0.25, 0.3) is 0 Å². The minimum absolute atomic E-state index is 1.32. The molecule has 16 heteroatoms. The summed E-state index contributed by atoms with van der Waals surface area (Å²) in [6.07, 6.45) is -2.95. The van der Waals surface area contributed by atoms with Gasteiger partial charge in [-0.15, -0.1) is 0 Å². The maximum Gasteiger partial charge on any atom is 0.347 e. The van der Waals surface area contributed by atoms with Gasteiger partial charge in [-0.05, 0) is 0 Å². The molecule has 2 atom stereocenters. The number of carboxylic acid groups (broad SMARTS) is 3. The predicted octanol–water partition coefficient (Wildman–Crippen LogP) is 0.880. The number of aliphatic carboxylic acids is 3. The van der Waals surface area contributed by atoms with E-state index in [0.29, 0.717) is 0 Å². The van der Waals surface area contributed by atoms with Gasteiger partial charge < -0.3 is 19.5 Å². The van der Waals surface area contributed by atoms with Crippen molar-refractivity contribution >= 4 is 34.0 Å². The number of hydrogen-bond donors (Lipinski definition) is 3. The first-order valence-corrected chi connectivity index (χ1v) is 8.68. The van der Waals surface area contributed by atoms with Gasteiger partial charge in [0.1, 0.15) is 0 Å². The Balaban J connectivity index is 3.27. The molecule has 0 aliphatic rings. The molecule has 2 unspecified atom stereocenters. The van der Waals surface area contributed by atoms with Crippen molar-refractivity contribution in [1.29, 1.82) is 0 Å².